The molecule has 0 radical (unpaired) electrons. The number of hydrogen-bond donors (Lipinski definition) is 1. The van der Waals surface area contributed by atoms with Crippen LogP contribution in [0.25, 0.3) is 0 Å². The van der Waals surface area contributed by atoms with E-state index in [1.807, 2.05) is 19.1 Å². The zero-order valence-electron chi connectivity index (χ0n) is 8.11. The van der Waals surface area contributed by atoms with Crippen LogP contribution in [0.15, 0.2) is 35.2 Å². The van der Waals surface area contributed by atoms with E-state index in [0.717, 1.165) is 15.9 Å². The number of hydrogen-bond acceptors (Lipinski definition) is 4. The predicted octanol–water partition coefficient (Wildman–Crippen LogP) is 2.69. The molecule has 0 atom stereocenters. The standard InChI is InChI=1S/C10H9BrN4/c1-7-2-3-9(6-12-7)15-10-13-4-8(11)5-14-10/h2-6H,1H3,(H,13,14,15). The van der Waals surface area contributed by atoms with Crippen molar-refractivity contribution >= 4 is 27.6 Å². The second-order valence-corrected chi connectivity index (χ2v) is 3.95. The van der Waals surface area contributed by atoms with E-state index in [4.69, 9.17) is 0 Å². The third-order valence-electron chi connectivity index (χ3n) is 1.79. The van der Waals surface area contributed by atoms with Crippen LogP contribution in [0.5, 0.6) is 0 Å². The number of pyridine rings is 1. The van der Waals surface area contributed by atoms with E-state index in [9.17, 15) is 0 Å². The molecule has 2 aromatic rings. The van der Waals surface area contributed by atoms with Crippen LogP contribution in [-0.4, -0.2) is 15.0 Å². The number of aryl methyl sites for hydroxylation is 1. The first kappa shape index (κ1) is 10.0. The lowest BCUT2D eigenvalue weighted by Gasteiger charge is -2.03. The average molecular weight is 265 g/mol. The monoisotopic (exact) mass is 264 g/mol. The molecule has 0 amide bonds. The van der Waals surface area contributed by atoms with Gasteiger partial charge in [-0.25, -0.2) is 9.97 Å². The number of nitrogens with zero attached hydrogens (tertiary/aromatic N) is 3. The van der Waals surface area contributed by atoms with Crippen LogP contribution in [-0.2, 0) is 0 Å². The molecule has 0 aliphatic heterocycles. The number of nitrogens with one attached hydrogen (secondary N) is 1. The first-order valence-electron chi connectivity index (χ1n) is 4.41. The highest BCUT2D eigenvalue weighted by Gasteiger charge is 1.97. The van der Waals surface area contributed by atoms with Gasteiger partial charge in [-0.1, -0.05) is 0 Å². The molecule has 0 fully saturated rings. The molecular weight excluding hydrogens is 256 g/mol. The van der Waals surface area contributed by atoms with Crippen LogP contribution in [0.2, 0.25) is 0 Å². The fourth-order valence-corrected chi connectivity index (χ4v) is 1.25. The van der Waals surface area contributed by atoms with Gasteiger partial charge in [-0.2, -0.15) is 0 Å². The quantitative estimate of drug-likeness (QED) is 0.906. The molecule has 4 nitrogen and oxygen atoms in total. The molecule has 0 saturated carbocycles. The third-order valence-corrected chi connectivity index (χ3v) is 2.20. The van der Waals surface area contributed by atoms with Crippen molar-refractivity contribution in [1.29, 1.82) is 0 Å². The summed E-state index contributed by atoms with van der Waals surface area (Å²) in [6, 6.07) is 3.87. The van der Waals surface area contributed by atoms with Gasteiger partial charge in [0.2, 0.25) is 5.95 Å². The summed E-state index contributed by atoms with van der Waals surface area (Å²) in [7, 11) is 0. The maximum absolute atomic E-state index is 4.17. The third kappa shape index (κ3) is 2.73. The Morgan fingerprint density at radius 1 is 1.07 bits per heavy atom. The van der Waals surface area contributed by atoms with E-state index in [1.54, 1.807) is 18.6 Å². The smallest absolute Gasteiger partial charge is 0.227 e. The van der Waals surface area contributed by atoms with Gasteiger partial charge in [-0.3, -0.25) is 4.98 Å². The highest BCUT2D eigenvalue weighted by molar-refractivity contribution is 9.10. The maximum Gasteiger partial charge on any atom is 0.227 e. The predicted molar refractivity (Wildman–Crippen MR) is 62.0 cm³/mol. The Morgan fingerprint density at radius 2 is 1.80 bits per heavy atom. The van der Waals surface area contributed by atoms with Crippen molar-refractivity contribution in [2.75, 3.05) is 5.32 Å². The average Bonchev–Trinajstić information content (AvgIpc) is 2.25. The van der Waals surface area contributed by atoms with Gasteiger partial charge in [0.05, 0.1) is 16.4 Å². The summed E-state index contributed by atoms with van der Waals surface area (Å²) in [5, 5.41) is 3.05. The molecule has 0 aliphatic rings. The number of anilines is 2. The fraction of sp³-hybridized carbons (Fsp3) is 0.100. The Morgan fingerprint density at radius 3 is 2.40 bits per heavy atom. The first-order chi connectivity index (χ1) is 7.24. The molecular formula is C10H9BrN4. The van der Waals surface area contributed by atoms with Crippen LogP contribution in [0.4, 0.5) is 11.6 Å². The number of aromatic nitrogens is 3. The Bertz CT molecular complexity index is 394. The molecule has 0 spiro atoms. The molecule has 1 N–H and O–H groups in total. The van der Waals surface area contributed by atoms with E-state index >= 15 is 0 Å². The lowest BCUT2D eigenvalue weighted by atomic mass is 10.3. The lowest BCUT2D eigenvalue weighted by molar-refractivity contribution is 1.14. The zero-order valence-corrected chi connectivity index (χ0v) is 9.69. The molecule has 0 aromatic carbocycles. The molecule has 2 aromatic heterocycles. The largest absolute Gasteiger partial charge is 0.323 e. The van der Waals surface area contributed by atoms with E-state index < -0.39 is 0 Å². The first-order valence-corrected chi connectivity index (χ1v) is 5.20. The number of halogens is 1. The van der Waals surface area contributed by atoms with Crippen LogP contribution >= 0.6 is 15.9 Å². The minimum atomic E-state index is 0.559. The van der Waals surface area contributed by atoms with Crippen LogP contribution in [0.3, 0.4) is 0 Å². The summed E-state index contributed by atoms with van der Waals surface area (Å²) in [6.07, 6.45) is 5.13. The van der Waals surface area contributed by atoms with Crippen LogP contribution in [0, 0.1) is 6.92 Å². The minimum Gasteiger partial charge on any atom is -0.323 e. The summed E-state index contributed by atoms with van der Waals surface area (Å²) < 4.78 is 0.857. The summed E-state index contributed by atoms with van der Waals surface area (Å²) in [5.74, 6) is 0.559. The SMILES string of the molecule is Cc1ccc(Nc2ncc(Br)cn2)cn1. The second kappa shape index (κ2) is 4.35. The Kier molecular flexibility index (Phi) is 2.91. The van der Waals surface area contributed by atoms with Crippen molar-refractivity contribution < 1.29 is 0 Å². The Hall–Kier alpha value is -1.49. The van der Waals surface area contributed by atoms with Crippen molar-refractivity contribution in [2.24, 2.45) is 0 Å². The topological polar surface area (TPSA) is 50.7 Å². The maximum atomic E-state index is 4.17. The lowest BCUT2D eigenvalue weighted by Crippen LogP contribution is -1.96. The summed E-state index contributed by atoms with van der Waals surface area (Å²) in [4.78, 5) is 12.4. The van der Waals surface area contributed by atoms with Crippen LogP contribution < -0.4 is 5.32 Å². The molecule has 15 heavy (non-hydrogen) atoms. The molecule has 76 valence electrons. The van der Waals surface area contributed by atoms with Gasteiger partial charge in [0.15, 0.2) is 0 Å². The highest BCUT2D eigenvalue weighted by Crippen LogP contribution is 2.12. The van der Waals surface area contributed by atoms with Gasteiger partial charge in [0.25, 0.3) is 0 Å². The normalized spacial score (nSPS) is 10.0. The van der Waals surface area contributed by atoms with Crippen molar-refractivity contribution in [3.05, 3.63) is 40.9 Å². The molecule has 0 unspecified atom stereocenters. The van der Waals surface area contributed by atoms with Gasteiger partial charge >= 0.3 is 0 Å². The summed E-state index contributed by atoms with van der Waals surface area (Å²) in [6.45, 7) is 1.94. The van der Waals surface area contributed by atoms with Crippen LogP contribution in [0.1, 0.15) is 5.69 Å². The summed E-state index contributed by atoms with van der Waals surface area (Å²) >= 11 is 3.28. The van der Waals surface area contributed by atoms with Crippen molar-refractivity contribution in [2.45, 2.75) is 6.92 Å². The molecule has 0 aliphatic carbocycles. The molecule has 5 heteroatoms. The van der Waals surface area contributed by atoms with Gasteiger partial charge < -0.3 is 5.32 Å². The molecule has 2 heterocycles. The fourth-order valence-electron chi connectivity index (χ4n) is 1.05. The van der Waals surface area contributed by atoms with Crippen molar-refractivity contribution in [3.63, 3.8) is 0 Å². The second-order valence-electron chi connectivity index (χ2n) is 3.04. The van der Waals surface area contributed by atoms with Gasteiger partial charge in [-0.15, -0.1) is 0 Å². The van der Waals surface area contributed by atoms with Crippen molar-refractivity contribution in [1.82, 2.24) is 15.0 Å². The number of rotatable bonds is 2. The van der Waals surface area contributed by atoms with Gasteiger partial charge in [-0.05, 0) is 35.0 Å². The van der Waals surface area contributed by atoms with E-state index in [-0.39, 0.29) is 0 Å². The van der Waals surface area contributed by atoms with E-state index in [0.29, 0.717) is 5.95 Å². The van der Waals surface area contributed by atoms with Gasteiger partial charge in [0, 0.05) is 18.1 Å². The zero-order chi connectivity index (χ0) is 10.7. The van der Waals surface area contributed by atoms with Gasteiger partial charge in [0.1, 0.15) is 0 Å². The summed E-state index contributed by atoms with van der Waals surface area (Å²) in [5.41, 5.74) is 1.86. The highest BCUT2D eigenvalue weighted by atomic mass is 79.9. The Balaban J connectivity index is 2.15. The van der Waals surface area contributed by atoms with E-state index in [2.05, 4.69) is 36.2 Å². The van der Waals surface area contributed by atoms with Crippen molar-refractivity contribution in [3.8, 4) is 0 Å². The molecule has 2 rings (SSSR count). The minimum absolute atomic E-state index is 0.559. The Labute approximate surface area is 95.9 Å². The molecule has 0 saturated heterocycles. The van der Waals surface area contributed by atoms with E-state index in [1.165, 1.54) is 0 Å². The molecule has 0 bridgehead atoms.